The first-order valence-electron chi connectivity index (χ1n) is 6.17. The fraction of sp³-hybridized carbons (Fsp3) is 0.286. The minimum atomic E-state index is -0.509. The number of nitrogens with zero attached hydrogens (tertiary/aromatic N) is 2. The zero-order valence-corrected chi connectivity index (χ0v) is 11.3. The summed E-state index contributed by atoms with van der Waals surface area (Å²) in [5.74, 6) is -1.11. The number of carbonyl (C=O) groups is 3. The van der Waals surface area contributed by atoms with Crippen LogP contribution in [0.2, 0.25) is 0 Å². The van der Waals surface area contributed by atoms with E-state index in [1.54, 1.807) is 31.2 Å². The van der Waals surface area contributed by atoms with Crippen molar-refractivity contribution >= 4 is 23.5 Å². The molecule has 0 unspecified atom stereocenters. The lowest BCUT2D eigenvalue weighted by Crippen LogP contribution is -2.31. The number of fused-ring (bicyclic) bond motifs is 1. The van der Waals surface area contributed by atoms with Gasteiger partial charge in [0.1, 0.15) is 0 Å². The van der Waals surface area contributed by atoms with Gasteiger partial charge in [0.15, 0.2) is 0 Å². The van der Waals surface area contributed by atoms with Gasteiger partial charge in [-0.05, 0) is 19.1 Å². The molecule has 0 aromatic heterocycles. The van der Waals surface area contributed by atoms with E-state index in [9.17, 15) is 14.4 Å². The monoisotopic (exact) mass is 274 g/mol. The van der Waals surface area contributed by atoms with Crippen molar-refractivity contribution in [3.05, 3.63) is 35.4 Å². The molecular formula is C14H14N2O4. The quantitative estimate of drug-likeness (QED) is 0.362. The zero-order chi connectivity index (χ0) is 14.7. The summed E-state index contributed by atoms with van der Waals surface area (Å²) >= 11 is 0. The number of benzene rings is 1. The third kappa shape index (κ3) is 2.74. The Morgan fingerprint density at radius 3 is 2.20 bits per heavy atom. The van der Waals surface area contributed by atoms with Gasteiger partial charge in [-0.3, -0.25) is 14.5 Å². The van der Waals surface area contributed by atoms with Crippen molar-refractivity contribution in [2.75, 3.05) is 6.54 Å². The van der Waals surface area contributed by atoms with Crippen molar-refractivity contribution in [1.82, 2.24) is 4.90 Å². The molecule has 0 N–H and O–H groups in total. The molecule has 2 amide bonds. The molecule has 0 saturated carbocycles. The molecule has 6 nitrogen and oxygen atoms in total. The Hall–Kier alpha value is -2.50. The topological polar surface area (TPSA) is 76.0 Å². The van der Waals surface area contributed by atoms with Crippen molar-refractivity contribution in [1.29, 1.82) is 0 Å². The lowest BCUT2D eigenvalue weighted by molar-refractivity contribution is -0.140. The van der Waals surface area contributed by atoms with Crippen molar-refractivity contribution in [2.24, 2.45) is 5.16 Å². The maximum Gasteiger partial charge on any atom is 0.331 e. The predicted octanol–water partition coefficient (Wildman–Crippen LogP) is 1.61. The Bertz CT molecular complexity index is 572. The molecule has 1 heterocycles. The van der Waals surface area contributed by atoms with Crippen molar-refractivity contribution in [3.63, 3.8) is 0 Å². The van der Waals surface area contributed by atoms with Gasteiger partial charge in [-0.2, -0.15) is 0 Å². The lowest BCUT2D eigenvalue weighted by atomic mass is 10.1. The van der Waals surface area contributed by atoms with Crippen molar-refractivity contribution < 1.29 is 19.2 Å². The van der Waals surface area contributed by atoms with Crippen LogP contribution in [0.25, 0.3) is 0 Å². The molecule has 0 atom stereocenters. The second-order valence-electron chi connectivity index (χ2n) is 4.47. The molecule has 20 heavy (non-hydrogen) atoms. The number of amides is 2. The van der Waals surface area contributed by atoms with E-state index in [2.05, 4.69) is 9.99 Å². The van der Waals surface area contributed by atoms with E-state index in [0.29, 0.717) is 23.3 Å². The van der Waals surface area contributed by atoms with Crippen LogP contribution in [0.1, 0.15) is 41.0 Å². The first-order chi connectivity index (χ1) is 9.50. The highest BCUT2D eigenvalue weighted by Crippen LogP contribution is 2.22. The third-order valence-corrected chi connectivity index (χ3v) is 2.91. The summed E-state index contributed by atoms with van der Waals surface area (Å²) in [4.78, 5) is 40.4. The molecule has 0 bridgehead atoms. The van der Waals surface area contributed by atoms with E-state index < -0.39 is 5.97 Å². The molecule has 104 valence electrons. The molecule has 1 aromatic rings. The van der Waals surface area contributed by atoms with Crippen LogP contribution >= 0.6 is 0 Å². The maximum absolute atomic E-state index is 12.1. The highest BCUT2D eigenvalue weighted by Gasteiger charge is 2.34. The van der Waals surface area contributed by atoms with E-state index in [-0.39, 0.29) is 18.4 Å². The molecule has 0 aliphatic carbocycles. The minimum absolute atomic E-state index is 0.211. The van der Waals surface area contributed by atoms with Crippen LogP contribution in [0.5, 0.6) is 0 Å². The van der Waals surface area contributed by atoms with Gasteiger partial charge in [0.2, 0.25) is 0 Å². The lowest BCUT2D eigenvalue weighted by Gasteiger charge is -2.12. The fourth-order valence-electron chi connectivity index (χ4n) is 1.90. The second-order valence-corrected chi connectivity index (χ2v) is 4.47. The highest BCUT2D eigenvalue weighted by molar-refractivity contribution is 6.21. The molecule has 1 aromatic carbocycles. The number of rotatable bonds is 4. The smallest absolute Gasteiger partial charge is 0.319 e. The van der Waals surface area contributed by atoms with E-state index in [1.165, 1.54) is 11.8 Å². The van der Waals surface area contributed by atoms with Gasteiger partial charge in [0.25, 0.3) is 11.8 Å². The molecule has 0 fully saturated rings. The van der Waals surface area contributed by atoms with Crippen LogP contribution in [0.3, 0.4) is 0 Å². The average Bonchev–Trinajstić information content (AvgIpc) is 2.67. The number of hydrogen-bond acceptors (Lipinski definition) is 5. The Morgan fingerprint density at radius 1 is 1.15 bits per heavy atom. The summed E-state index contributed by atoms with van der Waals surface area (Å²) in [5, 5.41) is 3.60. The van der Waals surface area contributed by atoms with Gasteiger partial charge in [0, 0.05) is 19.9 Å². The number of imide groups is 1. The average molecular weight is 274 g/mol. The summed E-state index contributed by atoms with van der Waals surface area (Å²) in [6, 6.07) is 6.71. The molecule has 0 saturated heterocycles. The van der Waals surface area contributed by atoms with Gasteiger partial charge in [-0.1, -0.05) is 17.3 Å². The standard InChI is InChI=1S/C14H14N2O4/c1-9(15-20-10(2)17)7-8-16-13(18)11-5-3-4-6-12(11)14(16)19/h3-6H,7-8H2,1-2H3. The molecule has 1 aliphatic rings. The highest BCUT2D eigenvalue weighted by atomic mass is 16.7. The van der Waals surface area contributed by atoms with Gasteiger partial charge in [0.05, 0.1) is 16.8 Å². The third-order valence-electron chi connectivity index (χ3n) is 2.91. The van der Waals surface area contributed by atoms with E-state index >= 15 is 0 Å². The molecule has 1 aliphatic heterocycles. The Labute approximate surface area is 116 Å². The van der Waals surface area contributed by atoms with Gasteiger partial charge in [-0.15, -0.1) is 0 Å². The fourth-order valence-corrected chi connectivity index (χ4v) is 1.90. The number of hydrogen-bond donors (Lipinski definition) is 0. The summed E-state index contributed by atoms with van der Waals surface area (Å²) in [5.41, 5.74) is 1.39. The van der Waals surface area contributed by atoms with Gasteiger partial charge in [-0.25, -0.2) is 4.79 Å². The second kappa shape index (κ2) is 5.64. The first kappa shape index (κ1) is 13.9. The zero-order valence-electron chi connectivity index (χ0n) is 11.3. The SMILES string of the molecule is CC(=O)ON=C(C)CCN1C(=O)c2ccccc2C1=O. The molecule has 0 radical (unpaired) electrons. The number of oxime groups is 1. The molecule has 0 spiro atoms. The van der Waals surface area contributed by atoms with E-state index in [4.69, 9.17) is 0 Å². The van der Waals surface area contributed by atoms with Crippen LogP contribution in [-0.2, 0) is 9.63 Å². The van der Waals surface area contributed by atoms with Crippen molar-refractivity contribution in [2.45, 2.75) is 20.3 Å². The molecule has 6 heteroatoms. The van der Waals surface area contributed by atoms with Gasteiger partial charge < -0.3 is 4.84 Å². The van der Waals surface area contributed by atoms with E-state index in [0.717, 1.165) is 0 Å². The Morgan fingerprint density at radius 2 is 1.70 bits per heavy atom. The van der Waals surface area contributed by atoms with Crippen LogP contribution in [0, 0.1) is 0 Å². The Balaban J connectivity index is 2.02. The maximum atomic E-state index is 12.1. The first-order valence-corrected chi connectivity index (χ1v) is 6.17. The molecule has 2 rings (SSSR count). The predicted molar refractivity (Wildman–Crippen MR) is 71.3 cm³/mol. The van der Waals surface area contributed by atoms with Crippen LogP contribution in [0.15, 0.2) is 29.4 Å². The summed E-state index contributed by atoms with van der Waals surface area (Å²) in [6.07, 6.45) is 0.360. The summed E-state index contributed by atoms with van der Waals surface area (Å²) in [7, 11) is 0. The van der Waals surface area contributed by atoms with Crippen LogP contribution < -0.4 is 0 Å². The summed E-state index contributed by atoms with van der Waals surface area (Å²) in [6.45, 7) is 3.13. The van der Waals surface area contributed by atoms with Crippen LogP contribution in [-0.4, -0.2) is 34.9 Å². The van der Waals surface area contributed by atoms with Crippen LogP contribution in [0.4, 0.5) is 0 Å². The van der Waals surface area contributed by atoms with Crippen molar-refractivity contribution in [3.8, 4) is 0 Å². The normalized spacial score (nSPS) is 14.5. The summed E-state index contributed by atoms with van der Waals surface area (Å²) < 4.78 is 0. The number of carbonyl (C=O) groups excluding carboxylic acids is 3. The Kier molecular flexibility index (Phi) is 3.93. The van der Waals surface area contributed by atoms with E-state index in [1.807, 2.05) is 0 Å². The minimum Gasteiger partial charge on any atom is -0.319 e. The van der Waals surface area contributed by atoms with Gasteiger partial charge >= 0.3 is 5.97 Å². The molecular weight excluding hydrogens is 260 g/mol. The largest absolute Gasteiger partial charge is 0.331 e.